The number of rotatable bonds is 20. The first-order valence-corrected chi connectivity index (χ1v) is 11.2. The van der Waals surface area contributed by atoms with E-state index in [-0.39, 0.29) is 21.2 Å². The number of unbranched alkanes of at least 4 members (excludes halogenated alkanes) is 15. The normalized spacial score (nSPS) is 12.1. The van der Waals surface area contributed by atoms with E-state index >= 15 is 0 Å². The average molecular weight is 415 g/mol. The Labute approximate surface area is 171 Å². The third kappa shape index (κ3) is 23.7. The molecule has 0 aliphatic rings. The van der Waals surface area contributed by atoms with Gasteiger partial charge in [-0.25, -0.2) is 0 Å². The first kappa shape index (κ1) is 32.3. The van der Waals surface area contributed by atoms with Crippen molar-refractivity contribution in [3.8, 4) is 0 Å². The van der Waals surface area contributed by atoms with Gasteiger partial charge in [0.15, 0.2) is 0 Å². The maximum Gasteiger partial charge on any atom is 0.0745 e. The largest absolute Gasteiger partial charge is 0.314 e. The van der Waals surface area contributed by atoms with E-state index in [1.54, 1.807) is 6.92 Å². The van der Waals surface area contributed by atoms with Gasteiger partial charge in [0.05, 0.1) is 6.04 Å². The topological polar surface area (TPSA) is 67.2 Å². The van der Waals surface area contributed by atoms with E-state index < -0.39 is 6.04 Å². The lowest BCUT2D eigenvalue weighted by molar-refractivity contribution is -0.335. The lowest BCUT2D eigenvalue weighted by Crippen LogP contribution is -2.38. The average Bonchev–Trinajstić information content (AvgIpc) is 2.61. The van der Waals surface area contributed by atoms with Crippen LogP contribution in [-0.4, -0.2) is 45.0 Å². The predicted molar refractivity (Wildman–Crippen MR) is 113 cm³/mol. The molecule has 7 heteroatoms. The molecule has 0 aromatic heterocycles. The Bertz CT molecular complexity index is 288. The molecular formula is C21H48F2N2O3. The fourth-order valence-corrected chi connectivity index (χ4v) is 3.31. The second-order valence-corrected chi connectivity index (χ2v) is 7.89. The molecule has 0 aromatic carbocycles. The van der Waals surface area contributed by atoms with Gasteiger partial charge >= 0.3 is 0 Å². The number of nitrogens with zero attached hydrogens (tertiary/aromatic N) is 2. The summed E-state index contributed by atoms with van der Waals surface area (Å²) in [5, 5.41) is 28.7. The van der Waals surface area contributed by atoms with Crippen molar-refractivity contribution >= 4 is 0 Å². The number of hydrogen-bond acceptors (Lipinski definition) is 5. The van der Waals surface area contributed by atoms with Crippen LogP contribution in [-0.2, 0) is 0 Å². The molecular weight excluding hydrogens is 366 g/mol. The quantitative estimate of drug-likeness (QED) is 0.152. The van der Waals surface area contributed by atoms with Crippen LogP contribution in [0, 0.1) is 0 Å². The van der Waals surface area contributed by atoms with Gasteiger partial charge in [-0.2, -0.15) is 5.06 Å². The SMILES string of the molecule is CCCCCCCCCCCCCCCCCCN(O)CC(C)N(O)O.F.F. The lowest BCUT2D eigenvalue weighted by Gasteiger charge is -2.21. The highest BCUT2D eigenvalue weighted by Crippen LogP contribution is 2.13. The zero-order chi connectivity index (χ0) is 19.5. The first-order valence-electron chi connectivity index (χ1n) is 11.2. The minimum Gasteiger partial charge on any atom is -0.314 e. The summed E-state index contributed by atoms with van der Waals surface area (Å²) < 4.78 is 0. The summed E-state index contributed by atoms with van der Waals surface area (Å²) in [5.74, 6) is 0. The minimum absolute atomic E-state index is 0. The maximum atomic E-state index is 9.67. The molecule has 28 heavy (non-hydrogen) atoms. The molecule has 0 heterocycles. The monoisotopic (exact) mass is 414 g/mol. The van der Waals surface area contributed by atoms with Gasteiger partial charge in [0.25, 0.3) is 0 Å². The molecule has 0 saturated carbocycles. The van der Waals surface area contributed by atoms with Gasteiger partial charge in [-0.1, -0.05) is 108 Å². The van der Waals surface area contributed by atoms with Gasteiger partial charge in [0.2, 0.25) is 0 Å². The molecule has 3 N–H and O–H groups in total. The molecule has 0 rings (SSSR count). The highest BCUT2D eigenvalue weighted by Gasteiger charge is 2.12. The highest BCUT2D eigenvalue weighted by atomic mass is 19.0. The van der Waals surface area contributed by atoms with Crippen molar-refractivity contribution in [2.24, 2.45) is 0 Å². The Morgan fingerprint density at radius 3 is 1.21 bits per heavy atom. The fraction of sp³-hybridized carbons (Fsp3) is 1.00. The van der Waals surface area contributed by atoms with E-state index in [4.69, 9.17) is 10.4 Å². The summed E-state index contributed by atoms with van der Waals surface area (Å²) in [5.41, 5.74) is 0. The van der Waals surface area contributed by atoms with E-state index in [2.05, 4.69) is 6.92 Å². The second kappa shape index (κ2) is 24.7. The molecule has 0 amide bonds. The molecule has 0 aliphatic carbocycles. The van der Waals surface area contributed by atoms with E-state index in [1.165, 1.54) is 95.0 Å². The van der Waals surface area contributed by atoms with Crippen LogP contribution in [0.15, 0.2) is 0 Å². The van der Waals surface area contributed by atoms with Gasteiger partial charge in [-0.3, -0.25) is 19.8 Å². The molecule has 0 spiro atoms. The maximum absolute atomic E-state index is 9.67. The van der Waals surface area contributed by atoms with Crippen LogP contribution in [0.2, 0.25) is 0 Å². The van der Waals surface area contributed by atoms with Gasteiger partial charge in [-0.15, -0.1) is 0 Å². The Morgan fingerprint density at radius 1 is 0.571 bits per heavy atom. The van der Waals surface area contributed by atoms with Crippen molar-refractivity contribution in [3.05, 3.63) is 0 Å². The molecule has 0 radical (unpaired) electrons. The van der Waals surface area contributed by atoms with Crippen LogP contribution in [0.4, 0.5) is 9.41 Å². The minimum atomic E-state index is -0.485. The molecule has 0 saturated heterocycles. The standard InChI is InChI=1S/C21H46N2O3.2FH/c1-3-4-5-6-7-8-9-10-11-12-13-14-15-16-17-18-19-22(24)20-21(2)23(25)26;;/h21,24-26H,3-20H2,1-2H3;2*1H. The number of hydrogen-bond donors (Lipinski definition) is 3. The van der Waals surface area contributed by atoms with Crippen molar-refractivity contribution in [3.63, 3.8) is 0 Å². The molecule has 1 atom stereocenters. The summed E-state index contributed by atoms with van der Waals surface area (Å²) in [6.07, 6.45) is 21.4. The Balaban J connectivity index is -0.00000312. The molecule has 0 bridgehead atoms. The summed E-state index contributed by atoms with van der Waals surface area (Å²) in [6.45, 7) is 4.76. The third-order valence-electron chi connectivity index (χ3n) is 5.14. The van der Waals surface area contributed by atoms with Gasteiger partial charge < -0.3 is 5.21 Å². The van der Waals surface area contributed by atoms with Gasteiger partial charge in [-0.05, 0) is 13.3 Å². The van der Waals surface area contributed by atoms with Crippen molar-refractivity contribution < 1.29 is 25.0 Å². The van der Waals surface area contributed by atoms with E-state index in [1.807, 2.05) is 0 Å². The summed E-state index contributed by atoms with van der Waals surface area (Å²) >= 11 is 0. The van der Waals surface area contributed by atoms with E-state index in [0.717, 1.165) is 12.8 Å². The number of halogens is 2. The third-order valence-corrected chi connectivity index (χ3v) is 5.14. The smallest absolute Gasteiger partial charge is 0.0745 e. The van der Waals surface area contributed by atoms with Crippen molar-refractivity contribution in [2.45, 2.75) is 123 Å². The van der Waals surface area contributed by atoms with Crippen molar-refractivity contribution in [2.75, 3.05) is 13.1 Å². The Hall–Kier alpha value is -0.340. The zero-order valence-corrected chi connectivity index (χ0v) is 18.4. The van der Waals surface area contributed by atoms with Crippen molar-refractivity contribution in [1.29, 1.82) is 0 Å². The van der Waals surface area contributed by atoms with E-state index in [0.29, 0.717) is 6.54 Å². The van der Waals surface area contributed by atoms with E-state index in [9.17, 15) is 5.21 Å². The summed E-state index contributed by atoms with van der Waals surface area (Å²) in [7, 11) is 0. The van der Waals surface area contributed by atoms with Crippen LogP contribution in [0.5, 0.6) is 0 Å². The fourth-order valence-electron chi connectivity index (χ4n) is 3.31. The van der Waals surface area contributed by atoms with Crippen LogP contribution >= 0.6 is 0 Å². The molecule has 174 valence electrons. The molecule has 0 aliphatic heterocycles. The zero-order valence-electron chi connectivity index (χ0n) is 18.4. The highest BCUT2D eigenvalue weighted by molar-refractivity contribution is 4.57. The lowest BCUT2D eigenvalue weighted by atomic mass is 10.0. The molecule has 1 unspecified atom stereocenters. The summed E-state index contributed by atoms with van der Waals surface area (Å²) in [4.78, 5) is 0. The second-order valence-electron chi connectivity index (χ2n) is 7.89. The molecule has 5 nitrogen and oxygen atoms in total. The Morgan fingerprint density at radius 2 is 0.893 bits per heavy atom. The summed E-state index contributed by atoms with van der Waals surface area (Å²) in [6, 6.07) is -0.485. The molecule has 0 fully saturated rings. The van der Waals surface area contributed by atoms with Crippen LogP contribution in [0.3, 0.4) is 0 Å². The van der Waals surface area contributed by atoms with Gasteiger partial charge in [0, 0.05) is 13.1 Å². The van der Waals surface area contributed by atoms with Crippen LogP contribution < -0.4 is 0 Å². The Kier molecular flexibility index (Phi) is 28.5. The van der Waals surface area contributed by atoms with Crippen LogP contribution in [0.1, 0.15) is 117 Å². The molecule has 0 aromatic rings. The van der Waals surface area contributed by atoms with Crippen molar-refractivity contribution in [1.82, 2.24) is 10.3 Å². The first-order chi connectivity index (χ1) is 12.6. The predicted octanol–water partition coefficient (Wildman–Crippen LogP) is 6.71. The van der Waals surface area contributed by atoms with Crippen LogP contribution in [0.25, 0.3) is 0 Å². The number of hydroxylamine groups is 4. The van der Waals surface area contributed by atoms with Gasteiger partial charge in [0.1, 0.15) is 0 Å².